The van der Waals surface area contributed by atoms with E-state index >= 15 is 0 Å². The fraction of sp³-hybridized carbons (Fsp3) is 0.450. The number of nitrogens with one attached hydrogen (secondary N) is 2. The summed E-state index contributed by atoms with van der Waals surface area (Å²) >= 11 is 1.36. The van der Waals surface area contributed by atoms with Gasteiger partial charge in [-0.1, -0.05) is 26.0 Å². The van der Waals surface area contributed by atoms with Crippen molar-refractivity contribution in [2.24, 2.45) is 5.92 Å². The quantitative estimate of drug-likeness (QED) is 0.741. The summed E-state index contributed by atoms with van der Waals surface area (Å²) < 4.78 is 5.72. The molecule has 2 rings (SSSR count). The summed E-state index contributed by atoms with van der Waals surface area (Å²) in [6, 6.07) is 5.69. The number of ether oxygens (including phenoxy) is 1. The molecular formula is C20H27N3O3S. The Morgan fingerprint density at radius 2 is 1.85 bits per heavy atom. The van der Waals surface area contributed by atoms with Crippen molar-refractivity contribution >= 4 is 23.2 Å². The lowest BCUT2D eigenvalue weighted by Crippen LogP contribution is -2.47. The lowest BCUT2D eigenvalue weighted by Gasteiger charge is -2.17. The number of hydrogen-bond acceptors (Lipinski definition) is 5. The molecule has 0 aliphatic carbocycles. The number of benzene rings is 1. The predicted octanol–water partition coefficient (Wildman–Crippen LogP) is 3.50. The van der Waals surface area contributed by atoms with Crippen LogP contribution in [0.5, 0.6) is 5.75 Å². The molecule has 6 nitrogen and oxygen atoms in total. The Labute approximate surface area is 164 Å². The highest BCUT2D eigenvalue weighted by Crippen LogP contribution is 2.22. The minimum absolute atomic E-state index is 0.368. The fourth-order valence-corrected chi connectivity index (χ4v) is 3.64. The number of rotatable bonds is 6. The van der Waals surface area contributed by atoms with Gasteiger partial charge in [0.2, 0.25) is 0 Å². The average molecular weight is 390 g/mol. The van der Waals surface area contributed by atoms with E-state index in [0.717, 1.165) is 22.6 Å². The molecule has 0 aliphatic heterocycles. The molecule has 2 aromatic rings. The number of carbonyl (C=O) groups is 2. The second-order valence-electron chi connectivity index (χ2n) is 7.02. The molecule has 0 saturated carbocycles. The molecule has 1 unspecified atom stereocenters. The Balaban J connectivity index is 1.93. The van der Waals surface area contributed by atoms with Gasteiger partial charge in [-0.3, -0.25) is 20.4 Å². The maximum Gasteiger partial charge on any atom is 0.281 e. The largest absolute Gasteiger partial charge is 0.481 e. The van der Waals surface area contributed by atoms with Gasteiger partial charge >= 0.3 is 0 Å². The number of hydrogen-bond donors (Lipinski definition) is 2. The third-order valence-corrected chi connectivity index (χ3v) is 5.34. The average Bonchev–Trinajstić information content (AvgIpc) is 2.95. The van der Waals surface area contributed by atoms with E-state index in [2.05, 4.69) is 29.7 Å². The van der Waals surface area contributed by atoms with Crippen LogP contribution in [0.2, 0.25) is 0 Å². The van der Waals surface area contributed by atoms with Crippen molar-refractivity contribution < 1.29 is 14.3 Å². The van der Waals surface area contributed by atoms with Crippen LogP contribution in [0.1, 0.15) is 52.3 Å². The van der Waals surface area contributed by atoms with E-state index < -0.39 is 12.0 Å². The molecule has 2 amide bonds. The number of thiazole rings is 1. The van der Waals surface area contributed by atoms with E-state index in [4.69, 9.17) is 4.74 Å². The monoisotopic (exact) mass is 389 g/mol. The van der Waals surface area contributed by atoms with Gasteiger partial charge in [-0.2, -0.15) is 0 Å². The highest BCUT2D eigenvalue weighted by Gasteiger charge is 2.19. The van der Waals surface area contributed by atoms with Crippen molar-refractivity contribution in [1.29, 1.82) is 0 Å². The summed E-state index contributed by atoms with van der Waals surface area (Å²) in [6.07, 6.45) is 0.0798. The molecule has 1 atom stereocenters. The van der Waals surface area contributed by atoms with Crippen molar-refractivity contribution in [3.63, 3.8) is 0 Å². The number of amides is 2. The first-order chi connectivity index (χ1) is 12.7. The molecule has 1 heterocycles. The number of nitrogens with zero attached hydrogens (tertiary/aromatic N) is 1. The first-order valence-corrected chi connectivity index (χ1v) is 9.80. The van der Waals surface area contributed by atoms with Crippen LogP contribution in [0.15, 0.2) is 18.2 Å². The molecule has 0 spiro atoms. The lowest BCUT2D eigenvalue weighted by atomic mass is 10.1. The lowest BCUT2D eigenvalue weighted by molar-refractivity contribution is -0.128. The molecule has 0 aliphatic rings. The Hall–Kier alpha value is -2.41. The zero-order chi connectivity index (χ0) is 20.1. The van der Waals surface area contributed by atoms with Crippen LogP contribution < -0.4 is 15.6 Å². The molecular weight excluding hydrogens is 362 g/mol. The van der Waals surface area contributed by atoms with Gasteiger partial charge in [-0.15, -0.1) is 11.3 Å². The van der Waals surface area contributed by atoms with E-state index in [0.29, 0.717) is 22.2 Å². The SMILES string of the molecule is Cc1cccc(OC(C)C(=O)NNC(=O)c2sc(CC(C)C)nc2C)c1C. The summed E-state index contributed by atoms with van der Waals surface area (Å²) in [5.74, 6) is 0.330. The van der Waals surface area contributed by atoms with Crippen LogP contribution >= 0.6 is 11.3 Å². The van der Waals surface area contributed by atoms with Gasteiger partial charge < -0.3 is 4.74 Å². The van der Waals surface area contributed by atoms with Crippen molar-refractivity contribution in [3.8, 4) is 5.75 Å². The Morgan fingerprint density at radius 3 is 2.52 bits per heavy atom. The zero-order valence-corrected chi connectivity index (χ0v) is 17.5. The summed E-state index contributed by atoms with van der Waals surface area (Å²) in [5, 5.41) is 0.922. The highest BCUT2D eigenvalue weighted by atomic mass is 32.1. The molecule has 1 aromatic heterocycles. The molecule has 1 aromatic carbocycles. The first-order valence-electron chi connectivity index (χ1n) is 8.98. The Bertz CT molecular complexity index is 830. The van der Waals surface area contributed by atoms with Gasteiger partial charge in [0.25, 0.3) is 11.8 Å². The van der Waals surface area contributed by atoms with Gasteiger partial charge in [0, 0.05) is 6.42 Å². The summed E-state index contributed by atoms with van der Waals surface area (Å²) in [4.78, 5) is 29.5. The first kappa shape index (κ1) is 20.9. The van der Waals surface area contributed by atoms with Crippen molar-refractivity contribution in [2.45, 2.75) is 54.1 Å². The topological polar surface area (TPSA) is 80.3 Å². The van der Waals surface area contributed by atoms with E-state index in [1.165, 1.54) is 11.3 Å². The number of aromatic nitrogens is 1. The van der Waals surface area contributed by atoms with Crippen LogP contribution in [0, 0.1) is 26.7 Å². The van der Waals surface area contributed by atoms with E-state index in [9.17, 15) is 9.59 Å². The number of carbonyl (C=O) groups excluding carboxylic acids is 2. The molecule has 2 N–H and O–H groups in total. The standard InChI is InChI=1S/C20H27N3O3S/c1-11(2)10-17-21-14(5)18(27-17)20(25)23-22-19(24)15(6)26-16-9-7-8-12(3)13(16)4/h7-9,11,15H,10H2,1-6H3,(H,22,24)(H,23,25). The molecule has 146 valence electrons. The molecule has 0 radical (unpaired) electrons. The summed E-state index contributed by atoms with van der Waals surface area (Å²) in [6.45, 7) is 11.6. The third kappa shape index (κ3) is 5.53. The van der Waals surface area contributed by atoms with E-state index in [-0.39, 0.29) is 5.91 Å². The van der Waals surface area contributed by atoms with Gasteiger partial charge in [0.1, 0.15) is 10.6 Å². The van der Waals surface area contributed by atoms with Crippen molar-refractivity contribution in [1.82, 2.24) is 15.8 Å². The minimum Gasteiger partial charge on any atom is -0.481 e. The summed E-state index contributed by atoms with van der Waals surface area (Å²) in [5.41, 5.74) is 7.62. The second kappa shape index (κ2) is 8.99. The third-order valence-electron chi connectivity index (χ3n) is 4.16. The van der Waals surface area contributed by atoms with E-state index in [1.807, 2.05) is 32.0 Å². The van der Waals surface area contributed by atoms with Crippen LogP contribution in [-0.2, 0) is 11.2 Å². The van der Waals surface area contributed by atoms with Crippen molar-refractivity contribution in [2.75, 3.05) is 0 Å². The Morgan fingerprint density at radius 1 is 1.15 bits per heavy atom. The maximum atomic E-state index is 12.4. The van der Waals surface area contributed by atoms with Crippen LogP contribution in [0.4, 0.5) is 0 Å². The van der Waals surface area contributed by atoms with Crippen molar-refractivity contribution in [3.05, 3.63) is 44.9 Å². The van der Waals surface area contributed by atoms with Gasteiger partial charge in [-0.25, -0.2) is 4.98 Å². The predicted molar refractivity (Wildman–Crippen MR) is 107 cm³/mol. The molecule has 0 saturated heterocycles. The normalized spacial score (nSPS) is 12.0. The summed E-state index contributed by atoms with van der Waals surface area (Å²) in [7, 11) is 0. The Kier molecular flexibility index (Phi) is 6.96. The molecule has 7 heteroatoms. The number of aryl methyl sites for hydroxylation is 2. The molecule has 0 bridgehead atoms. The van der Waals surface area contributed by atoms with E-state index in [1.54, 1.807) is 13.8 Å². The zero-order valence-electron chi connectivity index (χ0n) is 16.7. The molecule has 27 heavy (non-hydrogen) atoms. The fourth-order valence-electron chi connectivity index (χ4n) is 2.47. The number of hydrazine groups is 1. The second-order valence-corrected chi connectivity index (χ2v) is 8.11. The van der Waals surface area contributed by atoms with Gasteiger partial charge in [0.15, 0.2) is 6.10 Å². The van der Waals surface area contributed by atoms with Crippen LogP contribution in [0.3, 0.4) is 0 Å². The van der Waals surface area contributed by atoms with Crippen LogP contribution in [-0.4, -0.2) is 22.9 Å². The maximum absolute atomic E-state index is 12.4. The van der Waals surface area contributed by atoms with Gasteiger partial charge in [-0.05, 0) is 50.8 Å². The molecule has 0 fully saturated rings. The highest BCUT2D eigenvalue weighted by molar-refractivity contribution is 7.13. The van der Waals surface area contributed by atoms with Gasteiger partial charge in [0.05, 0.1) is 10.7 Å². The van der Waals surface area contributed by atoms with Crippen LogP contribution in [0.25, 0.3) is 0 Å². The smallest absolute Gasteiger partial charge is 0.281 e. The minimum atomic E-state index is -0.746.